The maximum absolute atomic E-state index is 9.84. The van der Waals surface area contributed by atoms with E-state index >= 15 is 0 Å². The van der Waals surface area contributed by atoms with E-state index in [2.05, 4.69) is 129 Å². The molecule has 0 aromatic heterocycles. The molecule has 4 aromatic rings. The molecule has 3 aliphatic carbocycles. The Hall–Kier alpha value is -2.77. The van der Waals surface area contributed by atoms with Crippen molar-refractivity contribution >= 4 is 82.6 Å². The molecule has 3 fully saturated rings. The molecular formula is C51H71I3N4O4. The molecule has 0 aliphatic heterocycles. The fraction of sp³-hybridized carbons (Fsp3) is 0.451. The first kappa shape index (κ1) is 57.2. The third-order valence-corrected chi connectivity index (χ3v) is 11.5. The molecule has 12 N–H and O–H groups in total. The average molecular weight is 1180 g/mol. The number of terminal acetylenes is 1. The normalized spacial score (nSPS) is 14.6. The number of rotatable bonds is 6. The van der Waals surface area contributed by atoms with Crippen LogP contribution in [0.4, 0.5) is 22.7 Å². The van der Waals surface area contributed by atoms with Crippen molar-refractivity contribution in [1.29, 1.82) is 0 Å². The maximum Gasteiger partial charge on any atom is 0.117 e. The minimum absolute atomic E-state index is 0.125. The van der Waals surface area contributed by atoms with Crippen LogP contribution in [0.15, 0.2) is 54.6 Å². The summed E-state index contributed by atoms with van der Waals surface area (Å²) in [5, 5.41) is 35.3. The number of nitrogens with two attached hydrogens (primary N) is 4. The van der Waals surface area contributed by atoms with Gasteiger partial charge in [0, 0.05) is 70.5 Å². The van der Waals surface area contributed by atoms with Crippen LogP contribution in [-0.4, -0.2) is 45.8 Å². The van der Waals surface area contributed by atoms with Crippen molar-refractivity contribution in [3.05, 3.63) is 114 Å². The largest absolute Gasteiger partial charge is 0.400 e. The molecule has 0 saturated heterocycles. The Balaban J connectivity index is 0.000000391. The minimum Gasteiger partial charge on any atom is -0.400 e. The van der Waals surface area contributed by atoms with Crippen LogP contribution in [0.25, 0.3) is 0 Å². The van der Waals surface area contributed by atoms with Crippen molar-refractivity contribution in [3.8, 4) is 24.2 Å². The van der Waals surface area contributed by atoms with Gasteiger partial charge in [0.15, 0.2) is 0 Å². The van der Waals surface area contributed by atoms with Crippen LogP contribution in [0, 0.1) is 101 Å². The Morgan fingerprint density at radius 1 is 0.597 bits per heavy atom. The molecule has 3 aliphatic rings. The van der Waals surface area contributed by atoms with Gasteiger partial charge in [-0.05, 0) is 204 Å². The number of hydrogen-bond acceptors (Lipinski definition) is 8. The van der Waals surface area contributed by atoms with Crippen LogP contribution >= 0.6 is 59.8 Å². The molecule has 0 bridgehead atoms. The van der Waals surface area contributed by atoms with E-state index in [1.54, 1.807) is 0 Å². The molecule has 3 atom stereocenters. The van der Waals surface area contributed by atoms with Gasteiger partial charge in [-0.1, -0.05) is 65.3 Å². The lowest BCUT2D eigenvalue weighted by atomic mass is 9.98. The van der Waals surface area contributed by atoms with Crippen molar-refractivity contribution in [3.63, 3.8) is 0 Å². The summed E-state index contributed by atoms with van der Waals surface area (Å²) in [6.07, 6.45) is 12.4. The summed E-state index contributed by atoms with van der Waals surface area (Å²) < 4.78 is 1.15. The van der Waals surface area contributed by atoms with Crippen LogP contribution in [-0.2, 0) is 6.42 Å². The number of aryl methyl sites for hydroxylation is 9. The highest BCUT2D eigenvalue weighted by molar-refractivity contribution is 15.0. The van der Waals surface area contributed by atoms with E-state index in [1.165, 1.54) is 40.7 Å². The van der Waals surface area contributed by atoms with Gasteiger partial charge in [0.25, 0.3) is 0 Å². The van der Waals surface area contributed by atoms with E-state index < -0.39 is 12.2 Å². The van der Waals surface area contributed by atoms with Gasteiger partial charge in [-0.25, -0.2) is 0 Å². The Morgan fingerprint density at radius 3 is 1.50 bits per heavy atom. The number of aliphatic hydroxyl groups is 4. The zero-order chi connectivity index (χ0) is 47.3. The topological polar surface area (TPSA) is 185 Å². The van der Waals surface area contributed by atoms with Gasteiger partial charge in [-0.3, -0.25) is 0 Å². The summed E-state index contributed by atoms with van der Waals surface area (Å²) in [6.45, 7) is 16.3. The summed E-state index contributed by atoms with van der Waals surface area (Å²) in [7, 11) is 1.00. The summed E-state index contributed by atoms with van der Waals surface area (Å²) >= 11 is 6.49. The second kappa shape index (κ2) is 29.6. The summed E-state index contributed by atoms with van der Waals surface area (Å²) in [5.74, 6) is 9.54. The van der Waals surface area contributed by atoms with Crippen LogP contribution in [0.5, 0.6) is 0 Å². The van der Waals surface area contributed by atoms with Crippen LogP contribution in [0.3, 0.4) is 0 Å². The molecule has 62 heavy (non-hydrogen) atoms. The molecule has 11 heteroatoms. The zero-order valence-corrected chi connectivity index (χ0v) is 44.6. The molecule has 4 aromatic carbocycles. The highest BCUT2D eigenvalue weighted by Crippen LogP contribution is 2.35. The fourth-order valence-electron chi connectivity index (χ4n) is 6.36. The first-order valence-electron chi connectivity index (χ1n) is 21.0. The van der Waals surface area contributed by atoms with Gasteiger partial charge < -0.3 is 43.4 Å². The van der Waals surface area contributed by atoms with Crippen molar-refractivity contribution in [2.75, 3.05) is 30.0 Å². The standard InChI is InChI=1S/C14H21NO.C14H17NO.C8H10IN.C8H11N.C6H8O.CH4O.I2/c2*1-9-7-10(2)14(15)12(8-9)5-6-13(16)11-3-4-11;1-5-3-6(2)8(10)7(9)4-5;1-6-3-4-8(9)7(2)5-6;1-2-6(7)5-3-4-5;2*1-2/h7-8,11,13,16H,3-6,15H2,1-2H3;7-8,11,13,16H,3-4,15H2,1-2H3;3-4H,10H2,1-2H3;3-5H,9H2,1-2H3;1,5-7H,3-4H2;2H,1H3;. The van der Waals surface area contributed by atoms with E-state index in [0.29, 0.717) is 17.8 Å². The molecule has 3 saturated carbocycles. The van der Waals surface area contributed by atoms with Gasteiger partial charge in [0.05, 0.1) is 11.8 Å². The molecule has 0 heterocycles. The Labute approximate surface area is 410 Å². The minimum atomic E-state index is -0.486. The Kier molecular flexibility index (Phi) is 27.4. The third-order valence-electron chi connectivity index (χ3n) is 10.6. The number of anilines is 4. The number of halogens is 3. The second-order valence-corrected chi connectivity index (χ2v) is 17.6. The lowest BCUT2D eigenvalue weighted by molar-refractivity contribution is 0.142. The van der Waals surface area contributed by atoms with E-state index in [9.17, 15) is 10.2 Å². The third kappa shape index (κ3) is 21.7. The van der Waals surface area contributed by atoms with Gasteiger partial charge in [0.1, 0.15) is 12.2 Å². The molecule has 0 radical (unpaired) electrons. The molecule has 340 valence electrons. The maximum atomic E-state index is 9.84. The zero-order valence-electron chi connectivity index (χ0n) is 38.1. The molecular weight excluding hydrogens is 1110 g/mol. The van der Waals surface area contributed by atoms with E-state index in [0.717, 1.165) is 99.8 Å². The predicted octanol–water partition coefficient (Wildman–Crippen LogP) is 10.7. The molecule has 0 amide bonds. The van der Waals surface area contributed by atoms with Gasteiger partial charge in [0.2, 0.25) is 0 Å². The first-order chi connectivity index (χ1) is 29.3. The molecule has 8 nitrogen and oxygen atoms in total. The first-order valence-corrected chi connectivity index (χ1v) is 28.4. The van der Waals surface area contributed by atoms with Crippen molar-refractivity contribution < 1.29 is 20.4 Å². The Morgan fingerprint density at radius 2 is 1.05 bits per heavy atom. The number of aliphatic hydroxyl groups excluding tert-OH is 4. The van der Waals surface area contributed by atoms with Crippen LogP contribution in [0.2, 0.25) is 0 Å². The SMILES string of the molecule is C#CC(O)C1CC1.CO.Cc1cc(C)c(N)c(C#CC(O)C2CC2)c1.Cc1cc(C)c(N)c(CCC(O)C2CC2)c1.Cc1cc(C)c(N)c(I)c1.Cc1ccc(N)c(C)c1.II. The highest BCUT2D eigenvalue weighted by atomic mass is 128. The lowest BCUT2D eigenvalue weighted by Gasteiger charge is -2.13. The lowest BCUT2D eigenvalue weighted by Crippen LogP contribution is -2.11. The fourth-order valence-corrected chi connectivity index (χ4v) is 7.27. The second-order valence-electron chi connectivity index (χ2n) is 16.5. The van der Waals surface area contributed by atoms with Crippen LogP contribution < -0.4 is 22.9 Å². The summed E-state index contributed by atoms with van der Waals surface area (Å²) in [4.78, 5) is 0. The van der Waals surface area contributed by atoms with Gasteiger partial charge in [-0.15, -0.1) is 6.42 Å². The predicted molar refractivity (Wildman–Crippen MR) is 290 cm³/mol. The summed E-state index contributed by atoms with van der Waals surface area (Å²) in [5.41, 5.74) is 38.2. The number of benzene rings is 4. The Bertz CT molecular complexity index is 2070. The molecule has 3 unspecified atom stereocenters. The van der Waals surface area contributed by atoms with E-state index in [1.807, 2.05) is 58.9 Å². The number of nitrogen functional groups attached to an aromatic ring is 4. The van der Waals surface area contributed by atoms with Gasteiger partial charge in [-0.2, -0.15) is 0 Å². The molecule has 0 spiro atoms. The summed E-state index contributed by atoms with van der Waals surface area (Å²) in [6, 6.07) is 18.5. The average Bonchev–Trinajstić information content (AvgIpc) is 4.07. The van der Waals surface area contributed by atoms with E-state index in [4.69, 9.17) is 39.6 Å². The molecule has 7 rings (SSSR count). The quantitative estimate of drug-likeness (QED) is 0.0533. The van der Waals surface area contributed by atoms with Crippen molar-refractivity contribution in [1.82, 2.24) is 0 Å². The van der Waals surface area contributed by atoms with Crippen molar-refractivity contribution in [2.45, 2.75) is 125 Å². The monoisotopic (exact) mass is 1180 g/mol. The number of hydrogen-bond donors (Lipinski definition) is 8. The smallest absolute Gasteiger partial charge is 0.117 e. The van der Waals surface area contributed by atoms with Gasteiger partial charge >= 0.3 is 0 Å². The van der Waals surface area contributed by atoms with E-state index in [-0.39, 0.29) is 6.10 Å². The van der Waals surface area contributed by atoms with Crippen molar-refractivity contribution in [2.24, 2.45) is 17.8 Å². The van der Waals surface area contributed by atoms with Crippen LogP contribution in [0.1, 0.15) is 101 Å². The highest BCUT2D eigenvalue weighted by Gasteiger charge is 2.30.